The second-order valence-corrected chi connectivity index (χ2v) is 4.95. The second kappa shape index (κ2) is 7.43. The number of hydrogen-bond donors (Lipinski definition) is 2. The van der Waals surface area contributed by atoms with Gasteiger partial charge in [-0.05, 0) is 36.4 Å². The Kier molecular flexibility index (Phi) is 5.34. The molecular weight excluding hydrogens is 305 g/mol. The number of hydrogen-bond acceptors (Lipinski definition) is 3. The van der Waals surface area contributed by atoms with Gasteiger partial charge >= 0.3 is 0 Å². The molecule has 0 fully saturated rings. The quantitative estimate of drug-likeness (QED) is 0.881. The van der Waals surface area contributed by atoms with Gasteiger partial charge in [0.25, 0.3) is 0 Å². The number of rotatable bonds is 5. The van der Waals surface area contributed by atoms with Crippen LogP contribution in [-0.4, -0.2) is 12.5 Å². The predicted octanol–water partition coefficient (Wildman–Crippen LogP) is 3.79. The first-order valence-electron chi connectivity index (χ1n) is 6.57. The van der Waals surface area contributed by atoms with Gasteiger partial charge in [-0.15, -0.1) is 0 Å². The lowest BCUT2D eigenvalue weighted by Gasteiger charge is -2.08. The molecule has 0 aliphatic rings. The molecule has 0 saturated carbocycles. The first-order valence-corrected chi connectivity index (χ1v) is 6.95. The van der Waals surface area contributed by atoms with Crippen LogP contribution in [0.5, 0.6) is 0 Å². The number of nitrogens with one attached hydrogen (secondary N) is 2. The SMILES string of the molecule is N#Cc1cccc(NCCC(=O)Nc2ccc(F)c(Cl)c2)c1. The van der Waals surface area contributed by atoms with Crippen molar-refractivity contribution in [1.82, 2.24) is 0 Å². The maximum absolute atomic E-state index is 13.0. The van der Waals surface area contributed by atoms with Gasteiger partial charge in [0.2, 0.25) is 5.91 Å². The Morgan fingerprint density at radius 3 is 2.77 bits per heavy atom. The van der Waals surface area contributed by atoms with Crippen molar-refractivity contribution in [1.29, 1.82) is 5.26 Å². The van der Waals surface area contributed by atoms with Crippen LogP contribution in [-0.2, 0) is 4.79 Å². The molecule has 0 saturated heterocycles. The lowest BCUT2D eigenvalue weighted by molar-refractivity contribution is -0.115. The third kappa shape index (κ3) is 4.47. The van der Waals surface area contributed by atoms with Gasteiger partial charge in [-0.2, -0.15) is 5.26 Å². The lowest BCUT2D eigenvalue weighted by atomic mass is 10.2. The van der Waals surface area contributed by atoms with Crippen molar-refractivity contribution in [2.24, 2.45) is 0 Å². The molecule has 0 aliphatic heterocycles. The van der Waals surface area contributed by atoms with Crippen molar-refractivity contribution in [2.75, 3.05) is 17.2 Å². The summed E-state index contributed by atoms with van der Waals surface area (Å²) in [7, 11) is 0. The van der Waals surface area contributed by atoms with E-state index in [0.717, 1.165) is 5.69 Å². The van der Waals surface area contributed by atoms with Crippen LogP contribution in [0.15, 0.2) is 42.5 Å². The van der Waals surface area contributed by atoms with E-state index < -0.39 is 5.82 Å². The standard InChI is InChI=1S/C16H13ClFN3O/c17-14-9-13(4-5-15(14)18)21-16(22)6-7-20-12-3-1-2-11(8-12)10-19/h1-5,8-9,20H,6-7H2,(H,21,22). The van der Waals surface area contributed by atoms with E-state index in [1.165, 1.54) is 18.2 Å². The Hall–Kier alpha value is -2.58. The van der Waals surface area contributed by atoms with E-state index in [1.807, 2.05) is 12.1 Å². The zero-order valence-corrected chi connectivity index (χ0v) is 12.3. The van der Waals surface area contributed by atoms with Crippen molar-refractivity contribution in [3.63, 3.8) is 0 Å². The van der Waals surface area contributed by atoms with Gasteiger partial charge in [-0.25, -0.2) is 4.39 Å². The zero-order valence-electron chi connectivity index (χ0n) is 11.6. The molecular formula is C16H13ClFN3O. The summed E-state index contributed by atoms with van der Waals surface area (Å²) in [4.78, 5) is 11.8. The molecule has 0 atom stereocenters. The second-order valence-electron chi connectivity index (χ2n) is 4.55. The molecule has 0 bridgehead atoms. The Labute approximate surface area is 132 Å². The van der Waals surface area contributed by atoms with Crippen LogP contribution < -0.4 is 10.6 Å². The van der Waals surface area contributed by atoms with E-state index in [2.05, 4.69) is 10.6 Å². The van der Waals surface area contributed by atoms with E-state index in [1.54, 1.807) is 18.2 Å². The molecule has 22 heavy (non-hydrogen) atoms. The van der Waals surface area contributed by atoms with Gasteiger partial charge in [0.1, 0.15) is 5.82 Å². The highest BCUT2D eigenvalue weighted by atomic mass is 35.5. The van der Waals surface area contributed by atoms with E-state index in [9.17, 15) is 9.18 Å². The minimum atomic E-state index is -0.529. The van der Waals surface area contributed by atoms with E-state index in [-0.39, 0.29) is 17.4 Å². The topological polar surface area (TPSA) is 64.9 Å². The molecule has 0 unspecified atom stereocenters. The fourth-order valence-corrected chi connectivity index (χ4v) is 2.00. The molecule has 2 N–H and O–H groups in total. The Morgan fingerprint density at radius 1 is 1.23 bits per heavy atom. The highest BCUT2D eigenvalue weighted by molar-refractivity contribution is 6.31. The fraction of sp³-hybridized carbons (Fsp3) is 0.125. The van der Waals surface area contributed by atoms with Crippen LogP contribution in [0.2, 0.25) is 5.02 Å². The average Bonchev–Trinajstić information content (AvgIpc) is 2.51. The van der Waals surface area contributed by atoms with Gasteiger partial charge in [0.15, 0.2) is 0 Å². The number of benzene rings is 2. The zero-order chi connectivity index (χ0) is 15.9. The van der Waals surface area contributed by atoms with Crippen LogP contribution in [0.3, 0.4) is 0 Å². The summed E-state index contributed by atoms with van der Waals surface area (Å²) in [6.45, 7) is 0.412. The van der Waals surface area contributed by atoms with Crippen LogP contribution in [0.4, 0.5) is 15.8 Å². The number of nitrogens with zero attached hydrogens (tertiary/aromatic N) is 1. The third-order valence-electron chi connectivity index (χ3n) is 2.88. The molecule has 0 aromatic heterocycles. The minimum absolute atomic E-state index is 0.0377. The van der Waals surface area contributed by atoms with E-state index in [4.69, 9.17) is 16.9 Å². The predicted molar refractivity (Wildman–Crippen MR) is 84.3 cm³/mol. The maximum atomic E-state index is 13.0. The Morgan fingerprint density at radius 2 is 2.05 bits per heavy atom. The molecule has 112 valence electrons. The number of carbonyl (C=O) groups is 1. The number of anilines is 2. The Bertz CT molecular complexity index is 728. The molecule has 0 radical (unpaired) electrons. The number of halogens is 2. The number of nitriles is 1. The molecule has 4 nitrogen and oxygen atoms in total. The van der Waals surface area contributed by atoms with Crippen molar-refractivity contribution in [3.05, 3.63) is 58.9 Å². The summed E-state index contributed by atoms with van der Waals surface area (Å²) in [6, 6.07) is 13.0. The highest BCUT2D eigenvalue weighted by Gasteiger charge is 2.05. The van der Waals surface area contributed by atoms with Crippen LogP contribution in [0.1, 0.15) is 12.0 Å². The van der Waals surface area contributed by atoms with Gasteiger partial charge < -0.3 is 10.6 Å². The highest BCUT2D eigenvalue weighted by Crippen LogP contribution is 2.19. The molecule has 0 spiro atoms. The third-order valence-corrected chi connectivity index (χ3v) is 3.17. The molecule has 2 aromatic rings. The summed E-state index contributed by atoms with van der Waals surface area (Å²) in [5.74, 6) is -0.745. The normalized spacial score (nSPS) is 9.86. The van der Waals surface area contributed by atoms with Crippen LogP contribution in [0.25, 0.3) is 0 Å². The van der Waals surface area contributed by atoms with Crippen molar-refractivity contribution in [2.45, 2.75) is 6.42 Å². The molecule has 1 amide bonds. The largest absolute Gasteiger partial charge is 0.384 e. The van der Waals surface area contributed by atoms with Gasteiger partial charge in [-0.3, -0.25) is 4.79 Å². The van der Waals surface area contributed by atoms with Crippen molar-refractivity contribution >= 4 is 28.9 Å². The smallest absolute Gasteiger partial charge is 0.226 e. The minimum Gasteiger partial charge on any atom is -0.384 e. The molecule has 6 heteroatoms. The summed E-state index contributed by atoms with van der Waals surface area (Å²) in [6.07, 6.45) is 0.228. The lowest BCUT2D eigenvalue weighted by Crippen LogP contribution is -2.16. The summed E-state index contributed by atoms with van der Waals surface area (Å²) in [5.41, 5.74) is 1.77. The molecule has 2 rings (SSSR count). The Balaban J connectivity index is 1.82. The summed E-state index contributed by atoms with van der Waals surface area (Å²) < 4.78 is 13.0. The molecule has 0 aliphatic carbocycles. The van der Waals surface area contributed by atoms with Gasteiger partial charge in [0.05, 0.1) is 16.7 Å². The molecule has 0 heterocycles. The monoisotopic (exact) mass is 317 g/mol. The summed E-state index contributed by atoms with van der Waals surface area (Å²) in [5, 5.41) is 14.5. The van der Waals surface area contributed by atoms with E-state index in [0.29, 0.717) is 17.8 Å². The average molecular weight is 318 g/mol. The number of amides is 1. The molecule has 2 aromatic carbocycles. The summed E-state index contributed by atoms with van der Waals surface area (Å²) >= 11 is 5.65. The van der Waals surface area contributed by atoms with Gasteiger partial charge in [0, 0.05) is 24.3 Å². The first-order chi connectivity index (χ1) is 10.6. The van der Waals surface area contributed by atoms with Crippen molar-refractivity contribution in [3.8, 4) is 6.07 Å². The van der Waals surface area contributed by atoms with Crippen molar-refractivity contribution < 1.29 is 9.18 Å². The van der Waals surface area contributed by atoms with Crippen LogP contribution in [0, 0.1) is 17.1 Å². The first kappa shape index (κ1) is 15.8. The van der Waals surface area contributed by atoms with Crippen LogP contribution >= 0.6 is 11.6 Å². The number of carbonyl (C=O) groups excluding carboxylic acids is 1. The van der Waals surface area contributed by atoms with E-state index >= 15 is 0 Å². The maximum Gasteiger partial charge on any atom is 0.226 e. The van der Waals surface area contributed by atoms with Gasteiger partial charge in [-0.1, -0.05) is 17.7 Å². The fourth-order valence-electron chi connectivity index (χ4n) is 1.82.